The summed E-state index contributed by atoms with van der Waals surface area (Å²) < 4.78 is 92.4. The molecule has 2 aromatic heterocycles. The fourth-order valence-corrected chi connectivity index (χ4v) is 6.20. The molecule has 0 aliphatic heterocycles. The molecule has 7 rings (SSSR count). The van der Waals surface area contributed by atoms with Crippen LogP contribution in [0.3, 0.4) is 0 Å². The predicted molar refractivity (Wildman–Crippen MR) is 178 cm³/mol. The van der Waals surface area contributed by atoms with E-state index >= 15 is 0 Å². The van der Waals surface area contributed by atoms with Crippen LogP contribution in [-0.4, -0.2) is 32.7 Å². The van der Waals surface area contributed by atoms with Crippen molar-refractivity contribution in [2.24, 2.45) is 0 Å². The van der Waals surface area contributed by atoms with Gasteiger partial charge in [-0.25, -0.2) is 19.9 Å². The monoisotopic (exact) mass is 752 g/mol. The third kappa shape index (κ3) is 6.28. The first-order valence-electron chi connectivity index (χ1n) is 15.4. The Morgan fingerprint density at radius 2 is 0.804 bits per heavy atom. The molecule has 4 aromatic carbocycles. The highest BCUT2D eigenvalue weighted by Crippen LogP contribution is 2.53. The highest BCUT2D eigenvalue weighted by molar-refractivity contribution is 6.07. The average Bonchev–Trinajstić information content (AvgIpc) is 3.46. The normalized spacial score (nSPS) is 11.6. The van der Waals surface area contributed by atoms with Crippen LogP contribution in [0.5, 0.6) is 11.5 Å². The maximum atomic E-state index is 13.9. The molecule has 0 radical (unpaired) electrons. The van der Waals surface area contributed by atoms with Crippen molar-refractivity contribution >= 4 is 27.6 Å². The molecule has 0 saturated heterocycles. The molecule has 0 atom stereocenters. The van der Waals surface area contributed by atoms with Crippen LogP contribution in [-0.2, 0) is 0 Å². The second-order valence-corrected chi connectivity index (χ2v) is 11.6. The number of halogens is 6. The van der Waals surface area contributed by atoms with Crippen LogP contribution in [0.15, 0.2) is 66.2 Å². The minimum Gasteiger partial charge on any atom is -0.405 e. The molecule has 56 heavy (non-hydrogen) atoms. The molecule has 6 aromatic rings. The van der Waals surface area contributed by atoms with Crippen molar-refractivity contribution in [1.82, 2.24) is 19.9 Å². The Hall–Kier alpha value is -8.58. The lowest BCUT2D eigenvalue weighted by Crippen LogP contribution is -2.17. The van der Waals surface area contributed by atoms with Gasteiger partial charge in [-0.15, -0.1) is 26.3 Å². The van der Waals surface area contributed by atoms with Crippen molar-refractivity contribution in [3.05, 3.63) is 100 Å². The molecule has 18 heteroatoms. The van der Waals surface area contributed by atoms with Gasteiger partial charge in [0.1, 0.15) is 53.5 Å². The molecule has 12 nitrogen and oxygen atoms in total. The first-order valence-corrected chi connectivity index (χ1v) is 15.4. The van der Waals surface area contributed by atoms with Crippen molar-refractivity contribution in [3.63, 3.8) is 0 Å². The van der Waals surface area contributed by atoms with Crippen molar-refractivity contribution in [1.29, 1.82) is 31.6 Å². The van der Waals surface area contributed by atoms with Gasteiger partial charge in [-0.05, 0) is 81.9 Å². The standard InChI is InChI=1S/C38H10F6N10O2/c39-37(40,41)55-34-9-24-22(7-20(34)17-1-3-26-28(5-17)53-32(15-49)30(13-47)51-26)23-8-21(18-2-4-27-29(6-18)54-33(16-50)31(14-48)52-27)35(56-38(42,43)44)10-25(23)36(24)19(11-45)12-46/h1-10H. The van der Waals surface area contributed by atoms with E-state index in [-0.39, 0.29) is 94.9 Å². The fraction of sp³-hybridized carbons (Fsp3) is 0.0526. The van der Waals surface area contributed by atoms with Crippen LogP contribution in [0.1, 0.15) is 33.9 Å². The predicted octanol–water partition coefficient (Wildman–Crippen LogP) is 8.02. The number of allylic oxidation sites excluding steroid dienone is 1. The van der Waals surface area contributed by atoms with Crippen LogP contribution in [0, 0.1) is 68.0 Å². The van der Waals surface area contributed by atoms with Gasteiger partial charge in [-0.2, -0.15) is 31.6 Å². The summed E-state index contributed by atoms with van der Waals surface area (Å²) in [4.78, 5) is 16.4. The van der Waals surface area contributed by atoms with Crippen molar-refractivity contribution in [3.8, 4) is 81.3 Å². The first-order chi connectivity index (χ1) is 26.7. The highest BCUT2D eigenvalue weighted by Gasteiger charge is 2.38. The number of hydrogen-bond acceptors (Lipinski definition) is 12. The smallest absolute Gasteiger partial charge is 0.405 e. The van der Waals surface area contributed by atoms with Gasteiger partial charge in [0.2, 0.25) is 0 Å². The maximum absolute atomic E-state index is 13.9. The molecule has 0 saturated carbocycles. The number of aromatic nitrogens is 4. The van der Waals surface area contributed by atoms with Crippen molar-refractivity contribution < 1.29 is 35.8 Å². The summed E-state index contributed by atoms with van der Waals surface area (Å²) in [5.41, 5.74) is -2.53. The number of rotatable bonds is 4. The highest BCUT2D eigenvalue weighted by atomic mass is 19.4. The third-order valence-electron chi connectivity index (χ3n) is 8.37. The topological polar surface area (TPSA) is 213 Å². The van der Waals surface area contributed by atoms with E-state index in [1.54, 1.807) is 36.4 Å². The van der Waals surface area contributed by atoms with Crippen LogP contribution >= 0.6 is 0 Å². The molecular weight excluding hydrogens is 742 g/mol. The van der Waals surface area contributed by atoms with Gasteiger partial charge >= 0.3 is 12.7 Å². The van der Waals surface area contributed by atoms with E-state index in [0.717, 1.165) is 12.1 Å². The first kappa shape index (κ1) is 35.8. The van der Waals surface area contributed by atoms with Gasteiger partial charge in [0, 0.05) is 16.7 Å². The van der Waals surface area contributed by atoms with Gasteiger partial charge in [-0.3, -0.25) is 0 Å². The van der Waals surface area contributed by atoms with Crippen molar-refractivity contribution in [2.45, 2.75) is 12.7 Å². The Morgan fingerprint density at radius 3 is 1.12 bits per heavy atom. The number of benzene rings is 4. The van der Waals surface area contributed by atoms with E-state index in [4.69, 9.17) is 0 Å². The van der Waals surface area contributed by atoms with Gasteiger partial charge in [-0.1, -0.05) is 12.1 Å². The lowest BCUT2D eigenvalue weighted by Gasteiger charge is -2.17. The summed E-state index contributed by atoms with van der Waals surface area (Å²) in [6.45, 7) is 0. The van der Waals surface area contributed by atoms with Gasteiger partial charge in [0.05, 0.1) is 22.1 Å². The zero-order valence-corrected chi connectivity index (χ0v) is 27.3. The summed E-state index contributed by atoms with van der Waals surface area (Å²) in [7, 11) is 0. The van der Waals surface area contributed by atoms with Crippen LogP contribution in [0.4, 0.5) is 26.3 Å². The average molecular weight is 753 g/mol. The molecule has 1 aliphatic carbocycles. The molecule has 1 aliphatic rings. The number of ether oxygens (including phenoxy) is 2. The third-order valence-corrected chi connectivity index (χ3v) is 8.37. The van der Waals surface area contributed by atoms with E-state index in [2.05, 4.69) is 29.4 Å². The lowest BCUT2D eigenvalue weighted by molar-refractivity contribution is -0.275. The molecule has 0 amide bonds. The molecular formula is C38H10F6N10O2. The zero-order chi connectivity index (χ0) is 40.1. The summed E-state index contributed by atoms with van der Waals surface area (Å²) in [6.07, 6.45) is -10.6. The minimum atomic E-state index is -5.28. The second kappa shape index (κ2) is 13.1. The Labute approximate surface area is 308 Å². The molecule has 0 spiro atoms. The maximum Gasteiger partial charge on any atom is 0.573 e. The Morgan fingerprint density at radius 1 is 0.446 bits per heavy atom. The Kier molecular flexibility index (Phi) is 8.39. The number of hydrogen-bond donors (Lipinski definition) is 0. The van der Waals surface area contributed by atoms with Crippen LogP contribution < -0.4 is 9.47 Å². The van der Waals surface area contributed by atoms with Gasteiger partial charge in [0.15, 0.2) is 22.8 Å². The van der Waals surface area contributed by atoms with Crippen LogP contribution in [0.2, 0.25) is 0 Å². The number of nitrogens with zero attached hydrogens (tertiary/aromatic N) is 10. The molecule has 0 bridgehead atoms. The molecule has 0 unspecified atom stereocenters. The second-order valence-electron chi connectivity index (χ2n) is 11.6. The van der Waals surface area contributed by atoms with Gasteiger partial charge in [0.25, 0.3) is 0 Å². The Balaban J connectivity index is 1.54. The van der Waals surface area contributed by atoms with Crippen LogP contribution in [0.25, 0.3) is 61.0 Å². The number of fused-ring (bicyclic) bond motifs is 5. The fourth-order valence-electron chi connectivity index (χ4n) is 6.20. The molecule has 266 valence electrons. The quantitative estimate of drug-likeness (QED) is 0.123. The number of alkyl halides is 6. The van der Waals surface area contributed by atoms with Crippen molar-refractivity contribution in [2.75, 3.05) is 0 Å². The zero-order valence-electron chi connectivity index (χ0n) is 27.3. The van der Waals surface area contributed by atoms with E-state index < -0.39 is 29.8 Å². The SMILES string of the molecule is N#CC(C#N)=C1c2cc(OC(F)(F)F)c(-c3ccc4nc(C#N)c(C#N)nc4c3)cc2-c2cc(-c3ccc4nc(C#N)c(C#N)nc4c3)c(OC(F)(F)F)cc21. The number of nitriles is 6. The lowest BCUT2D eigenvalue weighted by atomic mass is 9.94. The molecule has 0 fully saturated rings. The summed E-state index contributed by atoms with van der Waals surface area (Å²) in [5, 5.41) is 57.4. The van der Waals surface area contributed by atoms with E-state index in [1.807, 2.05) is 0 Å². The largest absolute Gasteiger partial charge is 0.573 e. The summed E-state index contributed by atoms with van der Waals surface area (Å²) in [5.74, 6) is -1.66. The molecule has 2 heterocycles. The minimum absolute atomic E-state index is 0.0193. The summed E-state index contributed by atoms with van der Waals surface area (Å²) >= 11 is 0. The molecule has 0 N–H and O–H groups in total. The van der Waals surface area contributed by atoms with Gasteiger partial charge < -0.3 is 9.47 Å². The Bertz CT molecular complexity index is 2840. The van der Waals surface area contributed by atoms with E-state index in [1.165, 1.54) is 48.5 Å². The van der Waals surface area contributed by atoms with E-state index in [9.17, 15) is 57.9 Å². The van der Waals surface area contributed by atoms with E-state index in [0.29, 0.717) is 0 Å². The summed E-state index contributed by atoms with van der Waals surface area (Å²) in [6, 6.07) is 22.4.